The van der Waals surface area contributed by atoms with Crippen molar-refractivity contribution in [1.82, 2.24) is 0 Å². The fraction of sp³-hybridized carbons (Fsp3) is 0.562. The highest BCUT2D eigenvalue weighted by atomic mass is 16.5. The second-order valence-electron chi connectivity index (χ2n) is 5.72. The molecule has 0 aliphatic heterocycles. The predicted molar refractivity (Wildman–Crippen MR) is 77.0 cm³/mol. The summed E-state index contributed by atoms with van der Waals surface area (Å²) in [6, 6.07) is 7.77. The van der Waals surface area contributed by atoms with Crippen molar-refractivity contribution in [3.63, 3.8) is 0 Å². The van der Waals surface area contributed by atoms with Crippen LogP contribution in [0.1, 0.15) is 45.6 Å². The largest absolute Gasteiger partial charge is 0.490 e. The molecule has 1 fully saturated rings. The molecule has 1 aromatic carbocycles. The lowest BCUT2D eigenvalue weighted by Gasteiger charge is -2.32. The third kappa shape index (κ3) is 3.49. The molecule has 1 aliphatic rings. The van der Waals surface area contributed by atoms with Crippen molar-refractivity contribution in [1.29, 1.82) is 0 Å². The van der Waals surface area contributed by atoms with Gasteiger partial charge in [-0.25, -0.2) is 0 Å². The number of oxime groups is 1. The van der Waals surface area contributed by atoms with Crippen LogP contribution in [0, 0.1) is 11.8 Å². The summed E-state index contributed by atoms with van der Waals surface area (Å²) in [7, 11) is 0. The van der Waals surface area contributed by atoms with Gasteiger partial charge in [0.05, 0.1) is 11.8 Å². The van der Waals surface area contributed by atoms with E-state index in [4.69, 9.17) is 9.94 Å². The smallest absolute Gasteiger partial charge is 0.120 e. The van der Waals surface area contributed by atoms with Crippen molar-refractivity contribution in [2.24, 2.45) is 17.0 Å². The van der Waals surface area contributed by atoms with E-state index in [-0.39, 0.29) is 0 Å². The Morgan fingerprint density at radius 2 is 2.05 bits per heavy atom. The Balaban J connectivity index is 2.03. The second kappa shape index (κ2) is 6.09. The Kier molecular flexibility index (Phi) is 4.46. The number of hydrogen-bond donors (Lipinski definition) is 1. The maximum absolute atomic E-state index is 8.81. The Bertz CT molecular complexity index is 456. The molecule has 0 saturated heterocycles. The molecule has 104 valence electrons. The van der Waals surface area contributed by atoms with Crippen LogP contribution in [0.4, 0.5) is 0 Å². The van der Waals surface area contributed by atoms with Crippen molar-refractivity contribution in [2.75, 3.05) is 0 Å². The number of hydrogen-bond acceptors (Lipinski definition) is 3. The highest BCUT2D eigenvalue weighted by Gasteiger charge is 2.25. The minimum atomic E-state index is 0.313. The fourth-order valence-corrected chi connectivity index (χ4v) is 2.65. The van der Waals surface area contributed by atoms with E-state index in [9.17, 15) is 0 Å². The molecule has 3 nitrogen and oxygen atoms in total. The van der Waals surface area contributed by atoms with Gasteiger partial charge >= 0.3 is 0 Å². The van der Waals surface area contributed by atoms with Gasteiger partial charge in [-0.3, -0.25) is 0 Å². The average Bonchev–Trinajstić information content (AvgIpc) is 2.42. The van der Waals surface area contributed by atoms with Gasteiger partial charge in [-0.05, 0) is 50.2 Å². The van der Waals surface area contributed by atoms with E-state index in [0.29, 0.717) is 11.8 Å². The molecule has 3 atom stereocenters. The number of rotatable bonds is 3. The molecule has 0 spiro atoms. The highest BCUT2D eigenvalue weighted by Crippen LogP contribution is 2.31. The van der Waals surface area contributed by atoms with E-state index in [1.165, 1.54) is 6.42 Å². The molecule has 0 amide bonds. The summed E-state index contributed by atoms with van der Waals surface area (Å²) in [6.07, 6.45) is 3.80. The molecule has 1 saturated carbocycles. The normalized spacial score (nSPS) is 28.2. The third-order valence-corrected chi connectivity index (χ3v) is 4.25. The fourth-order valence-electron chi connectivity index (χ4n) is 2.65. The first-order valence-corrected chi connectivity index (χ1v) is 7.06. The van der Waals surface area contributed by atoms with E-state index in [1.807, 2.05) is 24.3 Å². The van der Waals surface area contributed by atoms with Crippen LogP contribution in [0.3, 0.4) is 0 Å². The quantitative estimate of drug-likeness (QED) is 0.506. The summed E-state index contributed by atoms with van der Waals surface area (Å²) in [6.45, 7) is 6.41. The van der Waals surface area contributed by atoms with E-state index >= 15 is 0 Å². The molecule has 0 heterocycles. The molecule has 0 aromatic heterocycles. The minimum absolute atomic E-state index is 0.313. The van der Waals surface area contributed by atoms with Crippen LogP contribution in [-0.2, 0) is 0 Å². The summed E-state index contributed by atoms with van der Waals surface area (Å²) in [4.78, 5) is 0. The molecule has 19 heavy (non-hydrogen) atoms. The summed E-state index contributed by atoms with van der Waals surface area (Å²) in [5.74, 6) is 2.39. The predicted octanol–water partition coefficient (Wildman–Crippen LogP) is 4.09. The first-order valence-electron chi connectivity index (χ1n) is 7.06. The van der Waals surface area contributed by atoms with Crippen molar-refractivity contribution in [3.8, 4) is 5.75 Å². The molecule has 1 aromatic rings. The third-order valence-electron chi connectivity index (χ3n) is 4.25. The Morgan fingerprint density at radius 1 is 1.26 bits per heavy atom. The standard InChI is InChI=1S/C16H23NO2/c1-11-7-8-16(9-12(11)2)19-15-6-4-5-14(10-15)13(3)17-18/h4-6,10-12,16,18H,7-9H2,1-3H3. The number of benzene rings is 1. The maximum atomic E-state index is 8.81. The van der Waals surface area contributed by atoms with E-state index in [2.05, 4.69) is 19.0 Å². The Morgan fingerprint density at radius 3 is 2.74 bits per heavy atom. The lowest BCUT2D eigenvalue weighted by molar-refractivity contribution is 0.101. The van der Waals surface area contributed by atoms with Crippen LogP contribution in [0.25, 0.3) is 0 Å². The average molecular weight is 261 g/mol. The lowest BCUT2D eigenvalue weighted by atomic mass is 9.80. The van der Waals surface area contributed by atoms with Crippen LogP contribution in [-0.4, -0.2) is 17.0 Å². The first-order chi connectivity index (χ1) is 9.10. The van der Waals surface area contributed by atoms with Crippen LogP contribution in [0.15, 0.2) is 29.4 Å². The van der Waals surface area contributed by atoms with Gasteiger partial charge in [0, 0.05) is 5.56 Å². The molecule has 0 bridgehead atoms. The molecule has 3 unspecified atom stereocenters. The number of ether oxygens (including phenoxy) is 1. The zero-order valence-corrected chi connectivity index (χ0v) is 12.0. The van der Waals surface area contributed by atoms with Gasteiger partial charge in [0.15, 0.2) is 0 Å². The van der Waals surface area contributed by atoms with Gasteiger partial charge in [-0.2, -0.15) is 0 Å². The molecule has 3 heteroatoms. The molecule has 0 radical (unpaired) electrons. The first kappa shape index (κ1) is 13.9. The van der Waals surface area contributed by atoms with Gasteiger partial charge in [-0.1, -0.05) is 31.1 Å². The van der Waals surface area contributed by atoms with E-state index in [1.54, 1.807) is 6.92 Å². The summed E-state index contributed by atoms with van der Waals surface area (Å²) >= 11 is 0. The van der Waals surface area contributed by atoms with Gasteiger partial charge < -0.3 is 9.94 Å². The van der Waals surface area contributed by atoms with E-state index < -0.39 is 0 Å². The van der Waals surface area contributed by atoms with Crippen LogP contribution < -0.4 is 4.74 Å². The zero-order valence-electron chi connectivity index (χ0n) is 12.0. The Labute approximate surface area is 115 Å². The number of nitrogens with zero attached hydrogens (tertiary/aromatic N) is 1. The maximum Gasteiger partial charge on any atom is 0.120 e. The molecular weight excluding hydrogens is 238 g/mol. The Hall–Kier alpha value is -1.51. The lowest BCUT2D eigenvalue weighted by Crippen LogP contribution is -2.28. The van der Waals surface area contributed by atoms with Crippen molar-refractivity contribution in [3.05, 3.63) is 29.8 Å². The zero-order chi connectivity index (χ0) is 13.8. The van der Waals surface area contributed by atoms with Gasteiger partial charge in [-0.15, -0.1) is 0 Å². The topological polar surface area (TPSA) is 41.8 Å². The summed E-state index contributed by atoms with van der Waals surface area (Å²) in [5.41, 5.74) is 1.51. The van der Waals surface area contributed by atoms with Crippen LogP contribution >= 0.6 is 0 Å². The molecular formula is C16H23NO2. The van der Waals surface area contributed by atoms with E-state index in [0.717, 1.165) is 36.0 Å². The highest BCUT2D eigenvalue weighted by molar-refractivity contribution is 5.98. The van der Waals surface area contributed by atoms with Gasteiger partial charge in [0.25, 0.3) is 0 Å². The molecule has 1 aliphatic carbocycles. The van der Waals surface area contributed by atoms with Gasteiger partial charge in [0.2, 0.25) is 0 Å². The van der Waals surface area contributed by atoms with Crippen molar-refractivity contribution < 1.29 is 9.94 Å². The van der Waals surface area contributed by atoms with Gasteiger partial charge in [0.1, 0.15) is 5.75 Å². The monoisotopic (exact) mass is 261 g/mol. The van der Waals surface area contributed by atoms with Crippen molar-refractivity contribution in [2.45, 2.75) is 46.1 Å². The van der Waals surface area contributed by atoms with Crippen LogP contribution in [0.5, 0.6) is 5.75 Å². The molecule has 1 N–H and O–H groups in total. The van der Waals surface area contributed by atoms with Crippen molar-refractivity contribution >= 4 is 5.71 Å². The second-order valence-corrected chi connectivity index (χ2v) is 5.72. The summed E-state index contributed by atoms with van der Waals surface area (Å²) in [5, 5.41) is 12.0. The molecule has 2 rings (SSSR count). The minimum Gasteiger partial charge on any atom is -0.490 e. The SMILES string of the molecule is CC(=NO)c1cccc(OC2CCC(C)C(C)C2)c1. The van der Waals surface area contributed by atoms with Crippen LogP contribution in [0.2, 0.25) is 0 Å². The summed E-state index contributed by atoms with van der Waals surface area (Å²) < 4.78 is 6.07.